The second-order valence-electron chi connectivity index (χ2n) is 7.39. The van der Waals surface area contributed by atoms with Gasteiger partial charge in [0.2, 0.25) is 17.7 Å². The predicted molar refractivity (Wildman–Crippen MR) is 112 cm³/mol. The summed E-state index contributed by atoms with van der Waals surface area (Å²) < 4.78 is 0. The Hall–Kier alpha value is -2.02. The van der Waals surface area contributed by atoms with E-state index in [1.807, 2.05) is 40.9 Å². The van der Waals surface area contributed by atoms with E-state index >= 15 is 0 Å². The number of carbonyl (C=O) groups excluding carboxylic acids is 3. The molecule has 1 N–H and O–H groups in total. The van der Waals surface area contributed by atoms with Crippen LogP contribution in [-0.4, -0.2) is 65.2 Å². The molecular formula is C21H29N3O3S. The summed E-state index contributed by atoms with van der Waals surface area (Å²) in [5.41, 5.74) is 1.63. The highest BCUT2D eigenvalue weighted by Crippen LogP contribution is 2.15. The normalized spacial score (nSPS) is 18.4. The topological polar surface area (TPSA) is 69.7 Å². The van der Waals surface area contributed by atoms with Gasteiger partial charge in [0.05, 0.1) is 13.0 Å². The highest BCUT2D eigenvalue weighted by atomic mass is 32.2. The van der Waals surface area contributed by atoms with Gasteiger partial charge in [0.15, 0.2) is 0 Å². The zero-order valence-electron chi connectivity index (χ0n) is 16.3. The number of carbonyl (C=O) groups is 3. The number of nitrogens with one attached hydrogen (secondary N) is 1. The van der Waals surface area contributed by atoms with Gasteiger partial charge in [-0.05, 0) is 30.5 Å². The molecule has 2 aliphatic rings. The molecule has 152 valence electrons. The van der Waals surface area contributed by atoms with Crippen LogP contribution in [0.2, 0.25) is 0 Å². The molecule has 3 amide bonds. The molecule has 0 aliphatic carbocycles. The molecule has 0 aromatic heterocycles. The van der Waals surface area contributed by atoms with Crippen LogP contribution in [0.3, 0.4) is 0 Å². The Balaban J connectivity index is 1.48. The number of amides is 3. The van der Waals surface area contributed by atoms with Gasteiger partial charge in [-0.1, -0.05) is 25.0 Å². The maximum absolute atomic E-state index is 12.3. The van der Waals surface area contributed by atoms with E-state index < -0.39 is 0 Å². The number of rotatable bonds is 5. The van der Waals surface area contributed by atoms with Crippen LogP contribution in [0.15, 0.2) is 24.3 Å². The van der Waals surface area contributed by atoms with Crippen molar-refractivity contribution in [2.45, 2.75) is 38.5 Å². The summed E-state index contributed by atoms with van der Waals surface area (Å²) in [5, 5.41) is 2.86. The molecule has 0 bridgehead atoms. The van der Waals surface area contributed by atoms with Gasteiger partial charge in [-0.15, -0.1) is 0 Å². The molecule has 3 rings (SSSR count). The second kappa shape index (κ2) is 10.5. The van der Waals surface area contributed by atoms with Gasteiger partial charge >= 0.3 is 0 Å². The van der Waals surface area contributed by atoms with Gasteiger partial charge in [0.25, 0.3) is 0 Å². The third-order valence-corrected chi connectivity index (χ3v) is 6.16. The summed E-state index contributed by atoms with van der Waals surface area (Å²) in [6, 6.07) is 7.41. The van der Waals surface area contributed by atoms with Crippen molar-refractivity contribution in [3.05, 3.63) is 29.8 Å². The standard InChI is InChI=1S/C21H29N3O3S/c25-19(16-24-10-4-2-1-3-5-20(24)26)22-18-8-6-17(7-9-18)15-21(27)23-11-13-28-14-12-23/h6-9H,1-5,10-16H2,(H,22,25). The Morgan fingerprint density at radius 3 is 2.43 bits per heavy atom. The fourth-order valence-corrected chi connectivity index (χ4v) is 4.46. The Morgan fingerprint density at radius 2 is 1.68 bits per heavy atom. The van der Waals surface area contributed by atoms with E-state index in [9.17, 15) is 14.4 Å². The van der Waals surface area contributed by atoms with Gasteiger partial charge in [-0.25, -0.2) is 0 Å². The lowest BCUT2D eigenvalue weighted by atomic mass is 10.1. The summed E-state index contributed by atoms with van der Waals surface area (Å²) in [6.45, 7) is 2.41. The lowest BCUT2D eigenvalue weighted by Crippen LogP contribution is -2.39. The van der Waals surface area contributed by atoms with Crippen molar-refractivity contribution in [1.82, 2.24) is 9.80 Å². The molecule has 0 radical (unpaired) electrons. The SMILES string of the molecule is O=C(CN1CCCCCCC1=O)Nc1ccc(CC(=O)N2CCSCC2)cc1. The zero-order chi connectivity index (χ0) is 19.8. The minimum Gasteiger partial charge on any atom is -0.341 e. The molecule has 1 aromatic carbocycles. The van der Waals surface area contributed by atoms with E-state index in [1.54, 1.807) is 4.90 Å². The van der Waals surface area contributed by atoms with Crippen molar-refractivity contribution >= 4 is 35.2 Å². The molecule has 1 aromatic rings. The first kappa shape index (κ1) is 20.7. The van der Waals surface area contributed by atoms with Gasteiger partial charge in [0.1, 0.15) is 0 Å². The van der Waals surface area contributed by atoms with Crippen molar-refractivity contribution in [2.75, 3.05) is 43.0 Å². The fourth-order valence-electron chi connectivity index (χ4n) is 3.56. The third kappa shape index (κ3) is 6.26. The lowest BCUT2D eigenvalue weighted by Gasteiger charge is -2.26. The van der Waals surface area contributed by atoms with E-state index in [1.165, 1.54) is 0 Å². The van der Waals surface area contributed by atoms with Crippen LogP contribution in [0.1, 0.15) is 37.7 Å². The van der Waals surface area contributed by atoms with Crippen molar-refractivity contribution < 1.29 is 14.4 Å². The lowest BCUT2D eigenvalue weighted by molar-refractivity contribution is -0.135. The van der Waals surface area contributed by atoms with Gasteiger partial charge in [0, 0.05) is 43.2 Å². The maximum atomic E-state index is 12.3. The van der Waals surface area contributed by atoms with E-state index in [0.717, 1.165) is 55.8 Å². The number of anilines is 1. The van der Waals surface area contributed by atoms with E-state index in [4.69, 9.17) is 0 Å². The molecule has 0 unspecified atom stereocenters. The van der Waals surface area contributed by atoms with Crippen LogP contribution >= 0.6 is 11.8 Å². The maximum Gasteiger partial charge on any atom is 0.243 e. The predicted octanol–water partition coefficient (Wildman–Crippen LogP) is 2.54. The van der Waals surface area contributed by atoms with Gasteiger partial charge in [-0.3, -0.25) is 14.4 Å². The van der Waals surface area contributed by atoms with E-state index in [-0.39, 0.29) is 24.3 Å². The smallest absolute Gasteiger partial charge is 0.243 e. The molecule has 2 saturated heterocycles. The summed E-state index contributed by atoms with van der Waals surface area (Å²) in [6.07, 6.45) is 5.00. The molecule has 2 aliphatic heterocycles. The van der Waals surface area contributed by atoms with E-state index in [0.29, 0.717) is 25.1 Å². The monoisotopic (exact) mass is 403 g/mol. The Bertz CT molecular complexity index is 687. The van der Waals surface area contributed by atoms with Crippen LogP contribution in [0.5, 0.6) is 0 Å². The number of hydrogen-bond donors (Lipinski definition) is 1. The van der Waals surface area contributed by atoms with Gasteiger partial charge in [-0.2, -0.15) is 11.8 Å². The molecule has 0 saturated carbocycles. The molecule has 0 atom stereocenters. The summed E-state index contributed by atoms with van der Waals surface area (Å²) in [5.74, 6) is 2.07. The van der Waals surface area contributed by atoms with Crippen LogP contribution in [0, 0.1) is 0 Å². The number of nitrogens with zero attached hydrogens (tertiary/aromatic N) is 2. The molecule has 6 nitrogen and oxygen atoms in total. The van der Waals surface area contributed by atoms with Crippen molar-refractivity contribution in [3.8, 4) is 0 Å². The summed E-state index contributed by atoms with van der Waals surface area (Å²) >= 11 is 1.89. The first-order chi connectivity index (χ1) is 13.6. The largest absolute Gasteiger partial charge is 0.341 e. The highest BCUT2D eigenvalue weighted by Gasteiger charge is 2.19. The molecule has 2 heterocycles. The van der Waals surface area contributed by atoms with Gasteiger partial charge < -0.3 is 15.1 Å². The number of likely N-dealkylation sites (tertiary alicyclic amines) is 1. The van der Waals surface area contributed by atoms with Crippen molar-refractivity contribution in [1.29, 1.82) is 0 Å². The van der Waals surface area contributed by atoms with Crippen LogP contribution in [0.25, 0.3) is 0 Å². The first-order valence-corrected chi connectivity index (χ1v) is 11.3. The molecule has 2 fully saturated rings. The Kier molecular flexibility index (Phi) is 7.77. The Morgan fingerprint density at radius 1 is 0.964 bits per heavy atom. The zero-order valence-corrected chi connectivity index (χ0v) is 17.1. The number of thioether (sulfide) groups is 1. The van der Waals surface area contributed by atoms with Crippen LogP contribution in [-0.2, 0) is 20.8 Å². The first-order valence-electron chi connectivity index (χ1n) is 10.1. The number of hydrogen-bond acceptors (Lipinski definition) is 4. The average molecular weight is 404 g/mol. The molecular weight excluding hydrogens is 374 g/mol. The summed E-state index contributed by atoms with van der Waals surface area (Å²) in [7, 11) is 0. The Labute approximate surface area is 171 Å². The average Bonchev–Trinajstić information content (AvgIpc) is 2.70. The third-order valence-electron chi connectivity index (χ3n) is 5.21. The minimum absolute atomic E-state index is 0.0693. The number of benzene rings is 1. The molecule has 7 heteroatoms. The highest BCUT2D eigenvalue weighted by molar-refractivity contribution is 7.99. The van der Waals surface area contributed by atoms with Crippen LogP contribution < -0.4 is 5.32 Å². The summed E-state index contributed by atoms with van der Waals surface area (Å²) in [4.78, 5) is 40.4. The fraction of sp³-hybridized carbons (Fsp3) is 0.571. The van der Waals surface area contributed by atoms with Crippen molar-refractivity contribution in [3.63, 3.8) is 0 Å². The van der Waals surface area contributed by atoms with Crippen molar-refractivity contribution in [2.24, 2.45) is 0 Å². The van der Waals surface area contributed by atoms with Crippen LogP contribution in [0.4, 0.5) is 5.69 Å². The minimum atomic E-state index is -0.177. The molecule has 28 heavy (non-hydrogen) atoms. The quantitative estimate of drug-likeness (QED) is 0.820. The van der Waals surface area contributed by atoms with E-state index in [2.05, 4.69) is 5.32 Å². The second-order valence-corrected chi connectivity index (χ2v) is 8.62. The molecule has 0 spiro atoms.